The molecule has 6 heteroatoms. The number of nitrogens with one attached hydrogen (secondary N) is 1. The molecule has 18 heavy (non-hydrogen) atoms. The summed E-state index contributed by atoms with van der Waals surface area (Å²) in [6.07, 6.45) is 1.03. The van der Waals surface area contributed by atoms with Crippen molar-refractivity contribution >= 4 is 12.0 Å². The second-order valence-electron chi connectivity index (χ2n) is 5.28. The summed E-state index contributed by atoms with van der Waals surface area (Å²) in [5.74, 6) is 0.122. The van der Waals surface area contributed by atoms with E-state index in [9.17, 15) is 9.59 Å². The molecule has 0 saturated carbocycles. The lowest BCUT2D eigenvalue weighted by Crippen LogP contribution is -2.61. The van der Waals surface area contributed by atoms with E-state index in [1.54, 1.807) is 4.90 Å². The Balaban J connectivity index is 2.00. The van der Waals surface area contributed by atoms with Gasteiger partial charge in [0.1, 0.15) is 0 Å². The SMILES string of the molecule is CC1CN(C(=O)C2CCCN2)CC(C)N1C(=O)O. The summed E-state index contributed by atoms with van der Waals surface area (Å²) in [7, 11) is 0. The van der Waals surface area contributed by atoms with Crippen molar-refractivity contribution in [3.05, 3.63) is 0 Å². The van der Waals surface area contributed by atoms with E-state index in [-0.39, 0.29) is 24.0 Å². The molecule has 2 saturated heterocycles. The zero-order chi connectivity index (χ0) is 13.3. The molecule has 2 heterocycles. The first-order valence-corrected chi connectivity index (χ1v) is 6.54. The molecule has 3 unspecified atom stereocenters. The summed E-state index contributed by atoms with van der Waals surface area (Å²) < 4.78 is 0. The van der Waals surface area contributed by atoms with Gasteiger partial charge in [-0.1, -0.05) is 0 Å². The minimum Gasteiger partial charge on any atom is -0.465 e. The largest absolute Gasteiger partial charge is 0.465 e. The quantitative estimate of drug-likeness (QED) is 0.708. The van der Waals surface area contributed by atoms with E-state index in [1.807, 2.05) is 13.8 Å². The maximum atomic E-state index is 12.3. The van der Waals surface area contributed by atoms with Gasteiger partial charge in [0.2, 0.25) is 5.91 Å². The lowest BCUT2D eigenvalue weighted by atomic mass is 10.1. The Morgan fingerprint density at radius 1 is 1.22 bits per heavy atom. The number of hydrogen-bond acceptors (Lipinski definition) is 3. The van der Waals surface area contributed by atoms with Crippen molar-refractivity contribution in [2.24, 2.45) is 0 Å². The zero-order valence-corrected chi connectivity index (χ0v) is 10.9. The Hall–Kier alpha value is -1.30. The Morgan fingerprint density at radius 3 is 2.28 bits per heavy atom. The smallest absolute Gasteiger partial charge is 0.407 e. The van der Waals surface area contributed by atoms with Crippen LogP contribution in [-0.2, 0) is 4.79 Å². The fourth-order valence-corrected chi connectivity index (χ4v) is 3.00. The van der Waals surface area contributed by atoms with E-state index in [0.29, 0.717) is 13.1 Å². The third kappa shape index (κ3) is 2.43. The topological polar surface area (TPSA) is 72.9 Å². The Kier molecular flexibility index (Phi) is 3.75. The van der Waals surface area contributed by atoms with E-state index < -0.39 is 6.09 Å². The van der Waals surface area contributed by atoms with E-state index in [4.69, 9.17) is 5.11 Å². The van der Waals surface area contributed by atoms with Crippen LogP contribution in [0.25, 0.3) is 0 Å². The van der Waals surface area contributed by atoms with Crippen molar-refractivity contribution in [3.63, 3.8) is 0 Å². The average molecular weight is 255 g/mol. The Labute approximate surface area is 107 Å². The van der Waals surface area contributed by atoms with Crippen LogP contribution in [0, 0.1) is 0 Å². The second-order valence-corrected chi connectivity index (χ2v) is 5.28. The fourth-order valence-electron chi connectivity index (χ4n) is 3.00. The van der Waals surface area contributed by atoms with Gasteiger partial charge in [0.25, 0.3) is 0 Å². The second kappa shape index (κ2) is 5.14. The molecular formula is C12H21N3O3. The van der Waals surface area contributed by atoms with Crippen molar-refractivity contribution in [3.8, 4) is 0 Å². The van der Waals surface area contributed by atoms with Gasteiger partial charge >= 0.3 is 6.09 Å². The fraction of sp³-hybridized carbons (Fsp3) is 0.833. The van der Waals surface area contributed by atoms with Crippen LogP contribution in [0.2, 0.25) is 0 Å². The molecule has 0 spiro atoms. The van der Waals surface area contributed by atoms with E-state index in [0.717, 1.165) is 19.4 Å². The molecule has 102 valence electrons. The van der Waals surface area contributed by atoms with E-state index >= 15 is 0 Å². The molecule has 0 bridgehead atoms. The summed E-state index contributed by atoms with van der Waals surface area (Å²) in [4.78, 5) is 26.6. The van der Waals surface area contributed by atoms with Gasteiger partial charge < -0.3 is 15.3 Å². The molecule has 2 amide bonds. The summed E-state index contributed by atoms with van der Waals surface area (Å²) in [6, 6.07) is -0.353. The monoisotopic (exact) mass is 255 g/mol. The summed E-state index contributed by atoms with van der Waals surface area (Å²) in [6.45, 7) is 5.59. The average Bonchev–Trinajstić information content (AvgIpc) is 2.79. The molecule has 0 aliphatic carbocycles. The molecule has 2 rings (SSSR count). The molecule has 0 aromatic heterocycles. The highest BCUT2D eigenvalue weighted by Gasteiger charge is 2.37. The summed E-state index contributed by atoms with van der Waals surface area (Å²) in [5, 5.41) is 12.3. The van der Waals surface area contributed by atoms with Gasteiger partial charge in [0.05, 0.1) is 18.1 Å². The number of amides is 2. The number of carbonyl (C=O) groups excluding carboxylic acids is 1. The van der Waals surface area contributed by atoms with Gasteiger partial charge in [-0.2, -0.15) is 0 Å². The van der Waals surface area contributed by atoms with Crippen LogP contribution in [0.1, 0.15) is 26.7 Å². The lowest BCUT2D eigenvalue weighted by Gasteiger charge is -2.43. The third-order valence-corrected chi connectivity index (χ3v) is 3.81. The maximum absolute atomic E-state index is 12.3. The van der Waals surface area contributed by atoms with Crippen LogP contribution < -0.4 is 5.32 Å². The molecule has 6 nitrogen and oxygen atoms in total. The van der Waals surface area contributed by atoms with Crippen molar-refractivity contribution < 1.29 is 14.7 Å². The van der Waals surface area contributed by atoms with Crippen LogP contribution in [-0.4, -0.2) is 64.7 Å². The van der Waals surface area contributed by atoms with Gasteiger partial charge in [0, 0.05) is 13.1 Å². The molecule has 2 aliphatic heterocycles. The standard InChI is InChI=1S/C12H21N3O3/c1-8-6-14(7-9(2)15(8)12(17)18)11(16)10-4-3-5-13-10/h8-10,13H,3-7H2,1-2H3,(H,17,18). The van der Waals surface area contributed by atoms with Gasteiger partial charge in [-0.05, 0) is 33.2 Å². The van der Waals surface area contributed by atoms with Gasteiger partial charge in [-0.25, -0.2) is 4.79 Å². The first-order valence-electron chi connectivity index (χ1n) is 6.54. The number of nitrogens with zero attached hydrogens (tertiary/aromatic N) is 2. The maximum Gasteiger partial charge on any atom is 0.407 e. The molecular weight excluding hydrogens is 234 g/mol. The van der Waals surface area contributed by atoms with Crippen LogP contribution in [0.4, 0.5) is 4.79 Å². The normalized spacial score (nSPS) is 32.7. The number of hydrogen-bond donors (Lipinski definition) is 2. The summed E-state index contributed by atoms with van der Waals surface area (Å²) >= 11 is 0. The van der Waals surface area contributed by atoms with E-state index in [2.05, 4.69) is 5.32 Å². The van der Waals surface area contributed by atoms with Crippen molar-refractivity contribution in [1.29, 1.82) is 0 Å². The number of carboxylic acid groups (broad SMARTS) is 1. The van der Waals surface area contributed by atoms with Crippen LogP contribution in [0.15, 0.2) is 0 Å². The Morgan fingerprint density at radius 2 is 1.83 bits per heavy atom. The van der Waals surface area contributed by atoms with Crippen LogP contribution in [0.3, 0.4) is 0 Å². The van der Waals surface area contributed by atoms with Gasteiger partial charge in [-0.3, -0.25) is 9.69 Å². The molecule has 0 radical (unpaired) electrons. The highest BCUT2D eigenvalue weighted by Crippen LogP contribution is 2.18. The molecule has 2 N–H and O–H groups in total. The summed E-state index contributed by atoms with van der Waals surface area (Å²) in [5.41, 5.74) is 0. The van der Waals surface area contributed by atoms with Crippen molar-refractivity contribution in [2.45, 2.75) is 44.8 Å². The number of piperazine rings is 1. The molecule has 0 aromatic carbocycles. The highest BCUT2D eigenvalue weighted by molar-refractivity contribution is 5.82. The van der Waals surface area contributed by atoms with Gasteiger partial charge in [0.15, 0.2) is 0 Å². The minimum atomic E-state index is -0.902. The predicted octanol–water partition coefficient (Wildman–Crippen LogP) is 0.338. The third-order valence-electron chi connectivity index (χ3n) is 3.81. The predicted molar refractivity (Wildman–Crippen MR) is 66.4 cm³/mol. The zero-order valence-electron chi connectivity index (χ0n) is 10.9. The van der Waals surface area contributed by atoms with Crippen molar-refractivity contribution in [2.75, 3.05) is 19.6 Å². The van der Waals surface area contributed by atoms with E-state index in [1.165, 1.54) is 4.90 Å². The minimum absolute atomic E-state index is 0.0687. The van der Waals surface area contributed by atoms with Crippen LogP contribution in [0.5, 0.6) is 0 Å². The lowest BCUT2D eigenvalue weighted by molar-refractivity contribution is -0.136. The van der Waals surface area contributed by atoms with Crippen LogP contribution >= 0.6 is 0 Å². The first-order chi connectivity index (χ1) is 8.50. The molecule has 2 aliphatic rings. The Bertz CT molecular complexity index is 329. The molecule has 3 atom stereocenters. The van der Waals surface area contributed by atoms with Gasteiger partial charge in [-0.15, -0.1) is 0 Å². The first kappa shape index (κ1) is 13.1. The number of rotatable bonds is 1. The number of carbonyl (C=O) groups is 2. The highest BCUT2D eigenvalue weighted by atomic mass is 16.4. The molecule has 2 fully saturated rings. The molecule has 0 aromatic rings. The van der Waals surface area contributed by atoms with Crippen molar-refractivity contribution in [1.82, 2.24) is 15.1 Å².